The van der Waals surface area contributed by atoms with Gasteiger partial charge in [0.2, 0.25) is 5.91 Å². The van der Waals surface area contributed by atoms with Crippen LogP contribution in [0.5, 0.6) is 0 Å². The number of hydrogen-bond donors (Lipinski definition) is 1. The minimum atomic E-state index is -0.368. The molecule has 0 aromatic heterocycles. The van der Waals surface area contributed by atoms with Crippen molar-refractivity contribution in [2.24, 2.45) is 0 Å². The normalized spacial score (nSPS) is 21.8. The molecular weight excluding hydrogens is 286 g/mol. The molecule has 6 heteroatoms. The second-order valence-electron chi connectivity index (χ2n) is 5.16. The van der Waals surface area contributed by atoms with E-state index in [9.17, 15) is 4.79 Å². The summed E-state index contributed by atoms with van der Waals surface area (Å²) < 4.78 is 21.4. The van der Waals surface area contributed by atoms with Crippen LogP contribution < -0.4 is 5.32 Å². The van der Waals surface area contributed by atoms with Crippen LogP contribution in [0.25, 0.3) is 0 Å². The summed E-state index contributed by atoms with van der Waals surface area (Å²) in [7, 11) is 3.15. The van der Waals surface area contributed by atoms with Gasteiger partial charge in [-0.05, 0) is 5.56 Å². The molecule has 0 spiro atoms. The predicted octanol–water partition coefficient (Wildman–Crippen LogP) is 1.10. The van der Waals surface area contributed by atoms with E-state index in [1.165, 1.54) is 0 Å². The molecule has 1 amide bonds. The number of amides is 1. The van der Waals surface area contributed by atoms with Gasteiger partial charge in [-0.2, -0.15) is 0 Å². The van der Waals surface area contributed by atoms with E-state index in [1.54, 1.807) is 14.2 Å². The summed E-state index contributed by atoms with van der Waals surface area (Å²) in [6, 6.07) is 9.50. The lowest BCUT2D eigenvalue weighted by Crippen LogP contribution is -2.48. The Balaban J connectivity index is 1.70. The summed E-state index contributed by atoms with van der Waals surface area (Å²) in [5.41, 5.74) is 0.985. The van der Waals surface area contributed by atoms with Crippen LogP contribution in [0.1, 0.15) is 12.0 Å². The highest BCUT2D eigenvalue weighted by Gasteiger charge is 2.25. The van der Waals surface area contributed by atoms with Crippen molar-refractivity contribution in [3.63, 3.8) is 0 Å². The zero-order chi connectivity index (χ0) is 15.8. The third-order valence-electron chi connectivity index (χ3n) is 3.45. The fourth-order valence-electron chi connectivity index (χ4n) is 2.27. The number of hydrogen-bond acceptors (Lipinski definition) is 5. The van der Waals surface area contributed by atoms with E-state index in [2.05, 4.69) is 5.32 Å². The first-order valence-corrected chi connectivity index (χ1v) is 7.33. The molecule has 0 atom stereocenters. The van der Waals surface area contributed by atoms with Gasteiger partial charge in [0.25, 0.3) is 0 Å². The Morgan fingerprint density at radius 3 is 2.45 bits per heavy atom. The maximum Gasteiger partial charge on any atom is 0.224 e. The van der Waals surface area contributed by atoms with Crippen LogP contribution in [0.15, 0.2) is 30.3 Å². The predicted molar refractivity (Wildman–Crippen MR) is 80.2 cm³/mol. The second kappa shape index (κ2) is 8.85. The first kappa shape index (κ1) is 16.9. The van der Waals surface area contributed by atoms with Crippen LogP contribution in [0, 0.1) is 0 Å². The van der Waals surface area contributed by atoms with Crippen LogP contribution in [0.4, 0.5) is 0 Å². The van der Waals surface area contributed by atoms with Gasteiger partial charge >= 0.3 is 0 Å². The number of rotatable bonds is 7. The minimum absolute atomic E-state index is 0.0338. The number of ether oxygens (including phenoxy) is 4. The Labute approximate surface area is 130 Å². The SMILES string of the molecule is COC(CC1OCC(NC(=O)Cc2ccccc2)CO1)OC. The van der Waals surface area contributed by atoms with Crippen molar-refractivity contribution in [3.05, 3.63) is 35.9 Å². The Morgan fingerprint density at radius 1 is 1.23 bits per heavy atom. The molecule has 122 valence electrons. The minimum Gasteiger partial charge on any atom is -0.356 e. The van der Waals surface area contributed by atoms with Crippen LogP contribution >= 0.6 is 0 Å². The first-order chi connectivity index (χ1) is 10.7. The van der Waals surface area contributed by atoms with Crippen molar-refractivity contribution >= 4 is 5.91 Å². The number of benzene rings is 1. The van der Waals surface area contributed by atoms with Gasteiger partial charge in [-0.1, -0.05) is 30.3 Å². The summed E-state index contributed by atoms with van der Waals surface area (Å²) in [6.45, 7) is 0.844. The first-order valence-electron chi connectivity index (χ1n) is 7.33. The summed E-state index contributed by atoms with van der Waals surface area (Å²) in [4.78, 5) is 12.0. The monoisotopic (exact) mass is 309 g/mol. The molecule has 0 unspecified atom stereocenters. The van der Waals surface area contributed by atoms with Crippen LogP contribution in [0.2, 0.25) is 0 Å². The van der Waals surface area contributed by atoms with Crippen molar-refractivity contribution in [2.75, 3.05) is 27.4 Å². The molecule has 22 heavy (non-hydrogen) atoms. The van der Waals surface area contributed by atoms with E-state index in [-0.39, 0.29) is 24.5 Å². The van der Waals surface area contributed by atoms with E-state index in [0.29, 0.717) is 26.1 Å². The largest absolute Gasteiger partial charge is 0.356 e. The van der Waals surface area contributed by atoms with Gasteiger partial charge in [-0.25, -0.2) is 0 Å². The Bertz CT molecular complexity index is 441. The van der Waals surface area contributed by atoms with E-state index in [0.717, 1.165) is 5.56 Å². The molecular formula is C16H23NO5. The van der Waals surface area contributed by atoms with Gasteiger partial charge in [-0.3, -0.25) is 4.79 Å². The third-order valence-corrected chi connectivity index (χ3v) is 3.45. The van der Waals surface area contributed by atoms with Crippen molar-refractivity contribution in [3.8, 4) is 0 Å². The zero-order valence-electron chi connectivity index (χ0n) is 13.0. The molecule has 1 aromatic carbocycles. The van der Waals surface area contributed by atoms with E-state index in [1.807, 2.05) is 30.3 Å². The van der Waals surface area contributed by atoms with Crippen LogP contribution in [-0.2, 0) is 30.2 Å². The molecule has 0 saturated carbocycles. The van der Waals surface area contributed by atoms with Crippen molar-refractivity contribution in [1.29, 1.82) is 0 Å². The van der Waals surface area contributed by atoms with Crippen LogP contribution in [-0.4, -0.2) is 52.0 Å². The molecule has 1 saturated heterocycles. The summed E-state index contributed by atoms with van der Waals surface area (Å²) in [5, 5.41) is 2.92. The molecule has 1 heterocycles. The fraction of sp³-hybridized carbons (Fsp3) is 0.562. The van der Waals surface area contributed by atoms with Gasteiger partial charge in [0.1, 0.15) is 0 Å². The topological polar surface area (TPSA) is 66.0 Å². The molecule has 1 aromatic rings. The number of carbonyl (C=O) groups excluding carboxylic acids is 1. The zero-order valence-corrected chi connectivity index (χ0v) is 13.0. The Morgan fingerprint density at radius 2 is 1.86 bits per heavy atom. The summed E-state index contributed by atoms with van der Waals surface area (Å²) >= 11 is 0. The van der Waals surface area contributed by atoms with Gasteiger partial charge in [0.05, 0.1) is 25.7 Å². The van der Waals surface area contributed by atoms with Crippen LogP contribution in [0.3, 0.4) is 0 Å². The quantitative estimate of drug-likeness (QED) is 0.764. The lowest BCUT2D eigenvalue weighted by Gasteiger charge is -2.31. The van der Waals surface area contributed by atoms with Crippen molar-refractivity contribution in [2.45, 2.75) is 31.5 Å². The van der Waals surface area contributed by atoms with Crippen molar-refractivity contribution in [1.82, 2.24) is 5.32 Å². The van der Waals surface area contributed by atoms with Gasteiger partial charge < -0.3 is 24.3 Å². The number of nitrogens with one attached hydrogen (secondary N) is 1. The molecule has 1 N–H and O–H groups in total. The summed E-state index contributed by atoms with van der Waals surface area (Å²) in [6.07, 6.45) is 0.134. The smallest absolute Gasteiger partial charge is 0.224 e. The Kier molecular flexibility index (Phi) is 6.79. The summed E-state index contributed by atoms with van der Waals surface area (Å²) in [5.74, 6) is -0.0338. The van der Waals surface area contributed by atoms with Gasteiger partial charge in [0.15, 0.2) is 12.6 Å². The standard InChI is InChI=1S/C16H23NO5/c1-19-15(20-2)9-16-21-10-13(11-22-16)17-14(18)8-12-6-4-3-5-7-12/h3-7,13,15-16H,8-11H2,1-2H3,(H,17,18). The van der Waals surface area contributed by atoms with Gasteiger partial charge in [0, 0.05) is 20.6 Å². The highest BCUT2D eigenvalue weighted by Crippen LogP contribution is 2.13. The number of methoxy groups -OCH3 is 2. The molecule has 0 bridgehead atoms. The average Bonchev–Trinajstić information content (AvgIpc) is 2.55. The molecule has 1 aliphatic rings. The molecule has 6 nitrogen and oxygen atoms in total. The molecule has 1 aliphatic heterocycles. The fourth-order valence-corrected chi connectivity index (χ4v) is 2.27. The molecule has 0 radical (unpaired) electrons. The molecule has 2 rings (SSSR count). The highest BCUT2D eigenvalue weighted by molar-refractivity contribution is 5.78. The third kappa shape index (κ3) is 5.38. The maximum absolute atomic E-state index is 12.0. The molecule has 1 fully saturated rings. The lowest BCUT2D eigenvalue weighted by molar-refractivity contribution is -0.227. The molecule has 0 aliphatic carbocycles. The Hall–Kier alpha value is -1.47. The van der Waals surface area contributed by atoms with Gasteiger partial charge in [-0.15, -0.1) is 0 Å². The number of carbonyl (C=O) groups is 1. The maximum atomic E-state index is 12.0. The van der Waals surface area contributed by atoms with Crippen molar-refractivity contribution < 1.29 is 23.7 Å². The highest BCUT2D eigenvalue weighted by atomic mass is 16.7. The van der Waals surface area contributed by atoms with E-state index < -0.39 is 0 Å². The average molecular weight is 309 g/mol. The second-order valence-corrected chi connectivity index (χ2v) is 5.16. The van der Waals surface area contributed by atoms with E-state index in [4.69, 9.17) is 18.9 Å². The lowest BCUT2D eigenvalue weighted by atomic mass is 10.1. The van der Waals surface area contributed by atoms with E-state index >= 15 is 0 Å².